The Kier molecular flexibility index (Phi) is 4.73. The van der Waals surface area contributed by atoms with Gasteiger partial charge >= 0.3 is 0 Å². The number of H-pyrrole nitrogens is 1. The van der Waals surface area contributed by atoms with Crippen molar-refractivity contribution in [3.63, 3.8) is 0 Å². The first-order valence-electron chi connectivity index (χ1n) is 6.94. The molecular formula is C16H14ClN3O3S. The van der Waals surface area contributed by atoms with Crippen molar-refractivity contribution in [2.45, 2.75) is 0 Å². The van der Waals surface area contributed by atoms with Crippen LogP contribution < -0.4 is 14.8 Å². The largest absolute Gasteiger partial charge is 0.495 e. The number of carbonyl (C=O) groups excluding carboxylic acids is 1. The first-order chi connectivity index (χ1) is 11.6. The molecule has 0 atom stereocenters. The number of hydrogen-bond donors (Lipinski definition) is 2. The summed E-state index contributed by atoms with van der Waals surface area (Å²) in [6.07, 6.45) is 0. The molecule has 1 aromatic carbocycles. The maximum Gasteiger partial charge on any atom is 0.276 e. The highest BCUT2D eigenvalue weighted by atomic mass is 35.5. The second kappa shape index (κ2) is 6.94. The highest BCUT2D eigenvalue weighted by Crippen LogP contribution is 2.36. The van der Waals surface area contributed by atoms with Gasteiger partial charge < -0.3 is 14.8 Å². The molecule has 3 rings (SSSR count). The second-order valence-electron chi connectivity index (χ2n) is 4.79. The van der Waals surface area contributed by atoms with Gasteiger partial charge in [-0.3, -0.25) is 9.89 Å². The summed E-state index contributed by atoms with van der Waals surface area (Å²) in [7, 11) is 3.00. The number of halogens is 1. The van der Waals surface area contributed by atoms with E-state index in [0.717, 1.165) is 10.6 Å². The monoisotopic (exact) mass is 363 g/mol. The molecule has 0 fully saturated rings. The quantitative estimate of drug-likeness (QED) is 0.716. The molecule has 3 aromatic rings. The Morgan fingerprint density at radius 2 is 2.04 bits per heavy atom. The maximum absolute atomic E-state index is 12.4. The van der Waals surface area contributed by atoms with E-state index >= 15 is 0 Å². The third kappa shape index (κ3) is 3.22. The first kappa shape index (κ1) is 16.4. The van der Waals surface area contributed by atoms with Crippen LogP contribution in [-0.2, 0) is 0 Å². The summed E-state index contributed by atoms with van der Waals surface area (Å²) in [6.45, 7) is 0. The highest BCUT2D eigenvalue weighted by Gasteiger charge is 2.16. The molecule has 2 N–H and O–H groups in total. The van der Waals surface area contributed by atoms with Crippen LogP contribution in [0.3, 0.4) is 0 Å². The summed E-state index contributed by atoms with van der Waals surface area (Å²) in [5.74, 6) is 0.508. The van der Waals surface area contributed by atoms with Gasteiger partial charge in [0.1, 0.15) is 11.5 Å². The van der Waals surface area contributed by atoms with Crippen LogP contribution in [0.25, 0.3) is 10.6 Å². The number of carbonyl (C=O) groups is 1. The standard InChI is InChI=1S/C16H14ClN3O3S/c1-22-13-8-10(14(23-2)6-9(13)17)18-16(21)12-7-11(19-20-12)15-4-3-5-24-15/h3-8H,1-2H3,(H,18,21)(H,19,20). The van der Waals surface area contributed by atoms with E-state index in [0.29, 0.717) is 22.2 Å². The number of methoxy groups -OCH3 is 2. The Bertz CT molecular complexity index is 862. The molecular weight excluding hydrogens is 350 g/mol. The molecule has 6 nitrogen and oxygen atoms in total. The minimum absolute atomic E-state index is 0.273. The molecule has 2 aromatic heterocycles. The molecule has 0 radical (unpaired) electrons. The number of nitrogens with one attached hydrogen (secondary N) is 2. The normalized spacial score (nSPS) is 10.5. The summed E-state index contributed by atoms with van der Waals surface area (Å²) < 4.78 is 10.4. The van der Waals surface area contributed by atoms with Crippen molar-refractivity contribution in [2.24, 2.45) is 0 Å². The van der Waals surface area contributed by atoms with Crippen LogP contribution >= 0.6 is 22.9 Å². The van der Waals surface area contributed by atoms with E-state index in [-0.39, 0.29) is 11.6 Å². The van der Waals surface area contributed by atoms with Crippen LogP contribution in [-0.4, -0.2) is 30.3 Å². The smallest absolute Gasteiger partial charge is 0.276 e. The summed E-state index contributed by atoms with van der Waals surface area (Å²) in [6, 6.07) is 8.77. The Morgan fingerprint density at radius 3 is 2.71 bits per heavy atom. The van der Waals surface area contributed by atoms with Gasteiger partial charge in [0.25, 0.3) is 5.91 Å². The van der Waals surface area contributed by atoms with Gasteiger partial charge in [0.15, 0.2) is 5.69 Å². The average molecular weight is 364 g/mol. The van der Waals surface area contributed by atoms with Crippen molar-refractivity contribution in [1.82, 2.24) is 10.2 Å². The van der Waals surface area contributed by atoms with E-state index in [1.54, 1.807) is 29.5 Å². The van der Waals surface area contributed by atoms with Crippen molar-refractivity contribution >= 4 is 34.5 Å². The molecule has 0 saturated carbocycles. The molecule has 8 heteroatoms. The summed E-state index contributed by atoms with van der Waals surface area (Å²) >= 11 is 7.62. The fraction of sp³-hybridized carbons (Fsp3) is 0.125. The zero-order chi connectivity index (χ0) is 17.1. The molecule has 1 amide bonds. The SMILES string of the molecule is COc1cc(NC(=O)c2cc(-c3cccs3)[nH]n2)c(OC)cc1Cl. The molecule has 0 unspecified atom stereocenters. The Balaban J connectivity index is 1.85. The minimum atomic E-state index is -0.364. The molecule has 0 saturated heterocycles. The lowest BCUT2D eigenvalue weighted by molar-refractivity contribution is 0.102. The van der Waals surface area contributed by atoms with E-state index in [1.807, 2.05) is 17.5 Å². The van der Waals surface area contributed by atoms with Gasteiger partial charge in [-0.05, 0) is 17.5 Å². The number of aromatic nitrogens is 2. The van der Waals surface area contributed by atoms with E-state index in [2.05, 4.69) is 15.5 Å². The second-order valence-corrected chi connectivity index (χ2v) is 6.14. The predicted octanol–water partition coefficient (Wildman–Crippen LogP) is 4.06. The zero-order valence-corrected chi connectivity index (χ0v) is 14.5. The molecule has 0 aliphatic heterocycles. The summed E-state index contributed by atoms with van der Waals surface area (Å²) in [4.78, 5) is 13.4. The topological polar surface area (TPSA) is 76.2 Å². The van der Waals surface area contributed by atoms with Crippen LogP contribution in [0.15, 0.2) is 35.7 Å². The third-order valence-corrected chi connectivity index (χ3v) is 4.52. The van der Waals surface area contributed by atoms with E-state index in [4.69, 9.17) is 21.1 Å². The van der Waals surface area contributed by atoms with Gasteiger partial charge in [0.05, 0.1) is 35.5 Å². The van der Waals surface area contributed by atoms with Gasteiger partial charge in [-0.1, -0.05) is 17.7 Å². The number of amides is 1. The van der Waals surface area contributed by atoms with E-state index in [9.17, 15) is 4.79 Å². The van der Waals surface area contributed by atoms with Crippen LogP contribution in [0.1, 0.15) is 10.5 Å². The molecule has 0 bridgehead atoms. The van der Waals surface area contributed by atoms with Gasteiger partial charge in [-0.15, -0.1) is 11.3 Å². The van der Waals surface area contributed by atoms with Crippen molar-refractivity contribution in [3.8, 4) is 22.1 Å². The number of ether oxygens (including phenoxy) is 2. The Hall–Kier alpha value is -2.51. The van der Waals surface area contributed by atoms with Gasteiger partial charge in [0.2, 0.25) is 0 Å². The number of nitrogens with zero attached hydrogens (tertiary/aromatic N) is 1. The van der Waals surface area contributed by atoms with Crippen molar-refractivity contribution in [3.05, 3.63) is 46.4 Å². The summed E-state index contributed by atoms with van der Waals surface area (Å²) in [5.41, 5.74) is 1.51. The third-order valence-electron chi connectivity index (χ3n) is 3.32. The number of hydrogen-bond acceptors (Lipinski definition) is 5. The zero-order valence-electron chi connectivity index (χ0n) is 12.9. The number of anilines is 1. The Morgan fingerprint density at radius 1 is 1.25 bits per heavy atom. The highest BCUT2D eigenvalue weighted by molar-refractivity contribution is 7.13. The molecule has 24 heavy (non-hydrogen) atoms. The van der Waals surface area contributed by atoms with Crippen LogP contribution in [0.2, 0.25) is 5.02 Å². The van der Waals surface area contributed by atoms with Crippen molar-refractivity contribution < 1.29 is 14.3 Å². The van der Waals surface area contributed by atoms with Crippen LogP contribution in [0.5, 0.6) is 11.5 Å². The fourth-order valence-electron chi connectivity index (χ4n) is 2.14. The molecule has 0 aliphatic rings. The number of thiophene rings is 1. The van der Waals surface area contributed by atoms with E-state index < -0.39 is 0 Å². The maximum atomic E-state index is 12.4. The molecule has 2 heterocycles. The Labute approximate surface area is 147 Å². The molecule has 0 aliphatic carbocycles. The number of benzene rings is 1. The molecule has 0 spiro atoms. The predicted molar refractivity (Wildman–Crippen MR) is 94.4 cm³/mol. The average Bonchev–Trinajstić information content (AvgIpc) is 3.26. The lowest BCUT2D eigenvalue weighted by atomic mass is 10.2. The van der Waals surface area contributed by atoms with Gasteiger partial charge in [-0.25, -0.2) is 0 Å². The van der Waals surface area contributed by atoms with Crippen molar-refractivity contribution in [1.29, 1.82) is 0 Å². The van der Waals surface area contributed by atoms with Gasteiger partial charge in [-0.2, -0.15) is 5.10 Å². The molecule has 124 valence electrons. The number of aromatic amines is 1. The minimum Gasteiger partial charge on any atom is -0.495 e. The fourth-order valence-corrected chi connectivity index (χ4v) is 3.06. The van der Waals surface area contributed by atoms with Gasteiger partial charge in [0, 0.05) is 12.1 Å². The van der Waals surface area contributed by atoms with E-state index in [1.165, 1.54) is 14.2 Å². The van der Waals surface area contributed by atoms with Crippen molar-refractivity contribution in [2.75, 3.05) is 19.5 Å². The first-order valence-corrected chi connectivity index (χ1v) is 8.20. The van der Waals surface area contributed by atoms with Crippen LogP contribution in [0, 0.1) is 0 Å². The lowest BCUT2D eigenvalue weighted by Gasteiger charge is -2.12. The number of rotatable bonds is 5. The summed E-state index contributed by atoms with van der Waals surface area (Å²) in [5, 5.41) is 12.0. The lowest BCUT2D eigenvalue weighted by Crippen LogP contribution is -2.13. The van der Waals surface area contributed by atoms with Crippen LogP contribution in [0.4, 0.5) is 5.69 Å².